The Morgan fingerprint density at radius 2 is 2.67 bits per heavy atom. The summed E-state index contributed by atoms with van der Waals surface area (Å²) in [7, 11) is 1.65. The Morgan fingerprint density at radius 3 is 3.22 bits per heavy atom. The summed E-state index contributed by atoms with van der Waals surface area (Å²) in [6.07, 6.45) is 4.10. The third-order valence-electron chi connectivity index (χ3n) is 0.929. The predicted octanol–water partition coefficient (Wildman–Crippen LogP) is -0.275. The highest BCUT2D eigenvalue weighted by molar-refractivity contribution is 4.51. The number of ether oxygens (including phenoxy) is 1. The Morgan fingerprint density at radius 1 is 1.78 bits per heavy atom. The molecule has 0 bridgehead atoms. The molecule has 0 aliphatic rings. The third-order valence-corrected chi connectivity index (χ3v) is 0.929. The molecule has 1 aromatic rings. The topological polar surface area (TPSA) is 39.9 Å². The van der Waals surface area contributed by atoms with Gasteiger partial charge in [-0.25, -0.2) is 9.67 Å². The van der Waals surface area contributed by atoms with Crippen molar-refractivity contribution >= 4 is 0 Å². The first-order chi connectivity index (χ1) is 4.43. The van der Waals surface area contributed by atoms with E-state index < -0.39 is 0 Å². The lowest BCUT2D eigenvalue weighted by Crippen LogP contribution is -2.04. The van der Waals surface area contributed by atoms with Crippen LogP contribution in [-0.4, -0.2) is 28.5 Å². The van der Waals surface area contributed by atoms with Crippen molar-refractivity contribution in [2.45, 2.75) is 6.54 Å². The molecule has 0 spiro atoms. The summed E-state index contributed by atoms with van der Waals surface area (Å²) in [6, 6.07) is 0. The van der Waals surface area contributed by atoms with E-state index in [1.807, 2.05) is 0 Å². The maximum atomic E-state index is 4.81. The van der Waals surface area contributed by atoms with Gasteiger partial charge in [0.25, 0.3) is 0 Å². The van der Waals surface area contributed by atoms with Crippen molar-refractivity contribution in [3.05, 3.63) is 12.7 Å². The minimum absolute atomic E-state index is 0.653. The van der Waals surface area contributed by atoms with Crippen molar-refractivity contribution in [1.29, 1.82) is 0 Å². The molecule has 0 aliphatic heterocycles. The van der Waals surface area contributed by atoms with Gasteiger partial charge in [-0.05, 0) is 0 Å². The molecule has 0 aromatic carbocycles. The van der Waals surface area contributed by atoms with Gasteiger partial charge in [-0.2, -0.15) is 5.10 Å². The van der Waals surface area contributed by atoms with Crippen LogP contribution in [0.5, 0.6) is 0 Å². The van der Waals surface area contributed by atoms with Gasteiger partial charge >= 0.3 is 0 Å². The molecule has 0 aliphatic carbocycles. The first kappa shape index (κ1) is 6.22. The molecule has 0 fully saturated rings. The SMILES string of the molecule is COCCn1[c]ncn1. The van der Waals surface area contributed by atoms with Crippen LogP contribution in [-0.2, 0) is 11.3 Å². The zero-order valence-electron chi connectivity index (χ0n) is 5.24. The number of methoxy groups -OCH3 is 1. The van der Waals surface area contributed by atoms with Crippen LogP contribution in [0.15, 0.2) is 6.33 Å². The third kappa shape index (κ3) is 1.81. The van der Waals surface area contributed by atoms with Gasteiger partial charge < -0.3 is 4.74 Å². The highest BCUT2D eigenvalue weighted by atomic mass is 16.5. The van der Waals surface area contributed by atoms with Gasteiger partial charge in [-0.1, -0.05) is 0 Å². The Balaban J connectivity index is 2.30. The summed E-state index contributed by atoms with van der Waals surface area (Å²) in [5, 5.41) is 3.82. The van der Waals surface area contributed by atoms with Crippen LogP contribution in [0.4, 0.5) is 0 Å². The van der Waals surface area contributed by atoms with Crippen LogP contribution in [0, 0.1) is 6.33 Å². The fourth-order valence-electron chi connectivity index (χ4n) is 0.492. The molecule has 0 N–H and O–H groups in total. The molecule has 0 unspecified atom stereocenters. The van der Waals surface area contributed by atoms with Gasteiger partial charge in [-0.3, -0.25) is 0 Å². The molecule has 0 atom stereocenters. The molecular formula is C5H8N3O. The van der Waals surface area contributed by atoms with Crippen molar-refractivity contribution in [2.24, 2.45) is 0 Å². The predicted molar refractivity (Wildman–Crippen MR) is 30.7 cm³/mol. The Kier molecular flexibility index (Phi) is 2.21. The first-order valence-electron chi connectivity index (χ1n) is 2.68. The largest absolute Gasteiger partial charge is 0.383 e. The summed E-state index contributed by atoms with van der Waals surface area (Å²) in [5.41, 5.74) is 0. The molecular weight excluding hydrogens is 118 g/mol. The van der Waals surface area contributed by atoms with E-state index in [9.17, 15) is 0 Å². The average molecular weight is 126 g/mol. The van der Waals surface area contributed by atoms with Crippen LogP contribution >= 0.6 is 0 Å². The summed E-state index contributed by atoms with van der Waals surface area (Å²) in [6.45, 7) is 1.37. The van der Waals surface area contributed by atoms with Crippen LogP contribution in [0.3, 0.4) is 0 Å². The highest BCUT2D eigenvalue weighted by Gasteiger charge is 1.87. The first-order valence-corrected chi connectivity index (χ1v) is 2.68. The fraction of sp³-hybridized carbons (Fsp3) is 0.600. The molecule has 1 heterocycles. The second-order valence-corrected chi connectivity index (χ2v) is 1.58. The van der Waals surface area contributed by atoms with E-state index in [0.29, 0.717) is 6.61 Å². The molecule has 1 aromatic heterocycles. The normalized spacial score (nSPS) is 9.89. The maximum Gasteiger partial charge on any atom is 0.196 e. The minimum atomic E-state index is 0.653. The van der Waals surface area contributed by atoms with E-state index in [4.69, 9.17) is 4.74 Å². The zero-order valence-corrected chi connectivity index (χ0v) is 5.24. The van der Waals surface area contributed by atoms with E-state index in [1.54, 1.807) is 11.8 Å². The number of rotatable bonds is 3. The Labute approximate surface area is 53.5 Å². The number of hydrogen-bond donors (Lipinski definition) is 0. The molecule has 0 saturated carbocycles. The quantitative estimate of drug-likeness (QED) is 0.559. The maximum absolute atomic E-state index is 4.81. The molecule has 0 saturated heterocycles. The molecule has 4 nitrogen and oxygen atoms in total. The van der Waals surface area contributed by atoms with Gasteiger partial charge in [0.15, 0.2) is 6.33 Å². The van der Waals surface area contributed by atoms with Crippen molar-refractivity contribution in [2.75, 3.05) is 13.7 Å². The zero-order chi connectivity index (χ0) is 6.53. The van der Waals surface area contributed by atoms with Gasteiger partial charge in [0.05, 0.1) is 13.2 Å². The fourth-order valence-corrected chi connectivity index (χ4v) is 0.492. The van der Waals surface area contributed by atoms with E-state index in [2.05, 4.69) is 16.4 Å². The summed E-state index contributed by atoms with van der Waals surface area (Å²) in [5.74, 6) is 0. The van der Waals surface area contributed by atoms with E-state index in [1.165, 1.54) is 6.33 Å². The van der Waals surface area contributed by atoms with Gasteiger partial charge in [0.1, 0.15) is 6.33 Å². The lowest BCUT2D eigenvalue weighted by atomic mass is 10.7. The smallest absolute Gasteiger partial charge is 0.196 e. The van der Waals surface area contributed by atoms with Gasteiger partial charge in [0.2, 0.25) is 0 Å². The molecule has 9 heavy (non-hydrogen) atoms. The molecule has 0 amide bonds. The lowest BCUT2D eigenvalue weighted by Gasteiger charge is -1.95. The number of nitrogens with zero attached hydrogens (tertiary/aromatic N) is 3. The summed E-state index contributed by atoms with van der Waals surface area (Å²) >= 11 is 0. The van der Waals surface area contributed by atoms with Gasteiger partial charge in [-0.15, -0.1) is 0 Å². The van der Waals surface area contributed by atoms with E-state index >= 15 is 0 Å². The standard InChI is InChI=1S/C5H8N3O/c1-9-3-2-8-5-6-4-7-8/h4H,2-3H2,1H3. The Hall–Kier alpha value is -0.900. The van der Waals surface area contributed by atoms with Crippen LogP contribution in [0.2, 0.25) is 0 Å². The Bertz CT molecular complexity index is 149. The second kappa shape index (κ2) is 3.19. The molecule has 4 heteroatoms. The van der Waals surface area contributed by atoms with Crippen LogP contribution in [0.1, 0.15) is 0 Å². The highest BCUT2D eigenvalue weighted by Crippen LogP contribution is 1.77. The molecule has 1 rings (SSSR count). The van der Waals surface area contributed by atoms with Crippen molar-refractivity contribution in [3.63, 3.8) is 0 Å². The lowest BCUT2D eigenvalue weighted by molar-refractivity contribution is 0.183. The number of hydrogen-bond acceptors (Lipinski definition) is 3. The summed E-state index contributed by atoms with van der Waals surface area (Å²) < 4.78 is 6.41. The van der Waals surface area contributed by atoms with E-state index in [0.717, 1.165) is 6.54 Å². The van der Waals surface area contributed by atoms with Gasteiger partial charge in [0, 0.05) is 7.11 Å². The molecule has 49 valence electrons. The summed E-state index contributed by atoms with van der Waals surface area (Å²) in [4.78, 5) is 3.65. The second-order valence-electron chi connectivity index (χ2n) is 1.58. The van der Waals surface area contributed by atoms with E-state index in [-0.39, 0.29) is 0 Å². The van der Waals surface area contributed by atoms with Crippen molar-refractivity contribution in [3.8, 4) is 0 Å². The van der Waals surface area contributed by atoms with Crippen molar-refractivity contribution < 1.29 is 4.74 Å². The van der Waals surface area contributed by atoms with Crippen LogP contribution in [0.25, 0.3) is 0 Å². The molecule has 1 radical (unpaired) electrons. The number of aromatic nitrogens is 3. The minimum Gasteiger partial charge on any atom is -0.383 e. The average Bonchev–Trinajstić information content (AvgIpc) is 2.34. The van der Waals surface area contributed by atoms with Crippen LogP contribution < -0.4 is 0 Å². The monoisotopic (exact) mass is 126 g/mol. The van der Waals surface area contributed by atoms with Crippen molar-refractivity contribution in [1.82, 2.24) is 14.8 Å².